The Morgan fingerprint density at radius 2 is 2.07 bits per heavy atom. The number of carbonyl (C=O) groups excluding carboxylic acids is 1. The summed E-state index contributed by atoms with van der Waals surface area (Å²) in [5, 5.41) is 0.546. The Hall–Kier alpha value is -0.800. The van der Waals surface area contributed by atoms with Crippen LogP contribution >= 0.6 is 23.2 Å². The monoisotopic (exact) mass is 230 g/mol. The molecule has 1 saturated heterocycles. The molecule has 0 bridgehead atoms. The van der Waals surface area contributed by atoms with E-state index in [1.807, 2.05) is 0 Å². The molecule has 0 unspecified atom stereocenters. The second-order valence-electron chi connectivity index (χ2n) is 3.11. The lowest BCUT2D eigenvalue weighted by molar-refractivity contribution is 0.0645. The predicted octanol–water partition coefficient (Wildman–Crippen LogP) is 2.23. The molecule has 0 aromatic carbocycles. The summed E-state index contributed by atoms with van der Waals surface area (Å²) >= 11 is 11.4. The minimum absolute atomic E-state index is 0.0742. The van der Waals surface area contributed by atoms with E-state index in [0.717, 1.165) is 19.5 Å². The van der Waals surface area contributed by atoms with Crippen LogP contribution in [0.4, 0.5) is 0 Å². The van der Waals surface area contributed by atoms with Crippen molar-refractivity contribution in [1.29, 1.82) is 0 Å². The molecular weight excluding hydrogens is 223 g/mol. The van der Waals surface area contributed by atoms with E-state index in [2.05, 4.69) is 4.98 Å². The number of pyridine rings is 1. The summed E-state index contributed by atoms with van der Waals surface area (Å²) in [6.45, 7) is 1.61. The number of carbonyl (C=O) groups is 1. The molecule has 0 radical (unpaired) electrons. The fourth-order valence-electron chi connectivity index (χ4n) is 1.22. The van der Waals surface area contributed by atoms with Crippen molar-refractivity contribution >= 4 is 29.1 Å². The minimum atomic E-state index is -0.0742. The molecule has 3 nitrogen and oxygen atoms in total. The lowest BCUT2D eigenvalue weighted by Crippen LogP contribution is -2.42. The van der Waals surface area contributed by atoms with Crippen LogP contribution in [0.25, 0.3) is 0 Å². The lowest BCUT2D eigenvalue weighted by Gasteiger charge is -2.30. The fraction of sp³-hybridized carbons (Fsp3) is 0.333. The highest BCUT2D eigenvalue weighted by Crippen LogP contribution is 2.20. The first kappa shape index (κ1) is 9.74. The summed E-state index contributed by atoms with van der Waals surface area (Å²) < 4.78 is 0. The molecule has 2 heterocycles. The van der Waals surface area contributed by atoms with Gasteiger partial charge >= 0.3 is 0 Å². The Balaban J connectivity index is 2.23. The largest absolute Gasteiger partial charge is 0.337 e. The van der Waals surface area contributed by atoms with E-state index >= 15 is 0 Å². The number of hydrogen-bond donors (Lipinski definition) is 0. The third-order valence-corrected chi connectivity index (χ3v) is 2.86. The molecule has 0 aliphatic carbocycles. The summed E-state index contributed by atoms with van der Waals surface area (Å²) in [6, 6.07) is 3.18. The van der Waals surface area contributed by atoms with Gasteiger partial charge in [-0.05, 0) is 18.6 Å². The first-order valence-electron chi connectivity index (χ1n) is 4.30. The van der Waals surface area contributed by atoms with Crippen molar-refractivity contribution in [2.75, 3.05) is 13.1 Å². The van der Waals surface area contributed by atoms with E-state index in [4.69, 9.17) is 23.2 Å². The van der Waals surface area contributed by atoms with Gasteiger partial charge in [-0.25, -0.2) is 4.98 Å². The van der Waals surface area contributed by atoms with Gasteiger partial charge in [0.1, 0.15) is 10.8 Å². The zero-order valence-electron chi connectivity index (χ0n) is 7.33. The quantitative estimate of drug-likeness (QED) is 0.694. The Bertz CT molecular complexity index is 377. The van der Waals surface area contributed by atoms with Crippen molar-refractivity contribution in [3.8, 4) is 0 Å². The predicted molar refractivity (Wildman–Crippen MR) is 54.8 cm³/mol. The Morgan fingerprint density at radius 3 is 2.57 bits per heavy atom. The van der Waals surface area contributed by atoms with Crippen molar-refractivity contribution in [3.05, 3.63) is 28.0 Å². The molecule has 0 atom stereocenters. The molecule has 0 spiro atoms. The van der Waals surface area contributed by atoms with E-state index in [1.165, 1.54) is 0 Å². The molecule has 5 heteroatoms. The third kappa shape index (κ3) is 1.70. The van der Waals surface area contributed by atoms with Crippen molar-refractivity contribution in [3.63, 3.8) is 0 Å². The van der Waals surface area contributed by atoms with Crippen LogP contribution in [0.2, 0.25) is 10.2 Å². The summed E-state index contributed by atoms with van der Waals surface area (Å²) in [7, 11) is 0. The highest BCUT2D eigenvalue weighted by atomic mass is 35.5. The van der Waals surface area contributed by atoms with E-state index in [0.29, 0.717) is 10.7 Å². The van der Waals surface area contributed by atoms with Gasteiger partial charge in [-0.15, -0.1) is 0 Å². The average Bonchev–Trinajstić information content (AvgIpc) is 2.06. The number of aromatic nitrogens is 1. The van der Waals surface area contributed by atoms with Crippen LogP contribution in [0.15, 0.2) is 12.1 Å². The molecule has 1 aliphatic heterocycles. The highest BCUT2D eigenvalue weighted by molar-refractivity contribution is 6.41. The maximum absolute atomic E-state index is 11.7. The van der Waals surface area contributed by atoms with Crippen molar-refractivity contribution < 1.29 is 4.79 Å². The molecule has 0 N–H and O–H groups in total. The Morgan fingerprint density at radius 1 is 1.36 bits per heavy atom. The van der Waals surface area contributed by atoms with Crippen LogP contribution in [0, 0.1) is 0 Å². The zero-order chi connectivity index (χ0) is 10.1. The van der Waals surface area contributed by atoms with Gasteiger partial charge < -0.3 is 4.90 Å². The molecule has 1 aliphatic rings. The van der Waals surface area contributed by atoms with Crippen LogP contribution < -0.4 is 0 Å². The van der Waals surface area contributed by atoms with Gasteiger partial charge in [0.25, 0.3) is 5.91 Å². The van der Waals surface area contributed by atoms with Gasteiger partial charge in [-0.2, -0.15) is 0 Å². The molecular formula is C9H8Cl2N2O. The van der Waals surface area contributed by atoms with Gasteiger partial charge in [0.05, 0.1) is 5.02 Å². The molecule has 2 rings (SSSR count). The van der Waals surface area contributed by atoms with Crippen LogP contribution in [-0.2, 0) is 0 Å². The van der Waals surface area contributed by atoms with Crippen LogP contribution in [0.5, 0.6) is 0 Å². The van der Waals surface area contributed by atoms with Gasteiger partial charge in [-0.1, -0.05) is 23.2 Å². The fourth-order valence-corrected chi connectivity index (χ4v) is 1.48. The lowest BCUT2D eigenvalue weighted by atomic mass is 10.2. The Labute approximate surface area is 91.6 Å². The average molecular weight is 231 g/mol. The molecule has 1 amide bonds. The first-order chi connectivity index (χ1) is 6.68. The van der Waals surface area contributed by atoms with E-state index < -0.39 is 0 Å². The van der Waals surface area contributed by atoms with Gasteiger partial charge in [-0.3, -0.25) is 4.79 Å². The highest BCUT2D eigenvalue weighted by Gasteiger charge is 2.22. The van der Waals surface area contributed by atoms with Gasteiger partial charge in [0.2, 0.25) is 0 Å². The Kier molecular flexibility index (Phi) is 2.61. The second kappa shape index (κ2) is 3.75. The molecule has 1 aromatic rings. The van der Waals surface area contributed by atoms with Crippen LogP contribution in [0.3, 0.4) is 0 Å². The van der Waals surface area contributed by atoms with Crippen LogP contribution in [0.1, 0.15) is 16.9 Å². The third-order valence-electron chi connectivity index (χ3n) is 2.17. The number of rotatable bonds is 1. The number of likely N-dealkylation sites (tertiary alicyclic amines) is 1. The van der Waals surface area contributed by atoms with Crippen molar-refractivity contribution in [1.82, 2.24) is 9.88 Å². The SMILES string of the molecule is O=C(c1ccc(Cl)c(Cl)n1)N1CCC1. The number of hydrogen-bond acceptors (Lipinski definition) is 2. The maximum atomic E-state index is 11.7. The normalized spacial score (nSPS) is 15.1. The molecule has 74 valence electrons. The summed E-state index contributed by atoms with van der Waals surface area (Å²) in [4.78, 5) is 17.3. The zero-order valence-corrected chi connectivity index (χ0v) is 8.85. The standard InChI is InChI=1S/C9H8Cl2N2O/c10-6-2-3-7(12-8(6)11)9(14)13-4-1-5-13/h2-3H,1,4-5H2. The molecule has 14 heavy (non-hydrogen) atoms. The molecule has 0 saturated carbocycles. The van der Waals surface area contributed by atoms with Gasteiger partial charge in [0.15, 0.2) is 0 Å². The van der Waals surface area contributed by atoms with E-state index in [9.17, 15) is 4.79 Å². The van der Waals surface area contributed by atoms with E-state index in [1.54, 1.807) is 17.0 Å². The number of amides is 1. The number of halogens is 2. The molecule has 1 fully saturated rings. The smallest absolute Gasteiger partial charge is 0.272 e. The molecule has 1 aromatic heterocycles. The van der Waals surface area contributed by atoms with Gasteiger partial charge in [0, 0.05) is 13.1 Å². The summed E-state index contributed by atoms with van der Waals surface area (Å²) in [5.41, 5.74) is 0.360. The minimum Gasteiger partial charge on any atom is -0.337 e. The number of nitrogens with zero attached hydrogens (tertiary/aromatic N) is 2. The van der Waals surface area contributed by atoms with Crippen molar-refractivity contribution in [2.45, 2.75) is 6.42 Å². The maximum Gasteiger partial charge on any atom is 0.272 e. The topological polar surface area (TPSA) is 33.2 Å². The first-order valence-corrected chi connectivity index (χ1v) is 5.05. The summed E-state index contributed by atoms with van der Waals surface area (Å²) in [6.07, 6.45) is 1.06. The van der Waals surface area contributed by atoms with Crippen molar-refractivity contribution in [2.24, 2.45) is 0 Å². The van der Waals surface area contributed by atoms with Crippen LogP contribution in [-0.4, -0.2) is 28.9 Å². The van der Waals surface area contributed by atoms with E-state index in [-0.39, 0.29) is 11.1 Å². The summed E-state index contributed by atoms with van der Waals surface area (Å²) in [5.74, 6) is -0.0742. The second-order valence-corrected chi connectivity index (χ2v) is 3.88.